The highest BCUT2D eigenvalue weighted by Gasteiger charge is 2.44. The number of hydrogen-bond acceptors (Lipinski definition) is 7. The Morgan fingerprint density at radius 2 is 1.48 bits per heavy atom. The molecule has 0 unspecified atom stereocenters. The number of anilines is 1. The Labute approximate surface area is 440 Å². The van der Waals surface area contributed by atoms with Gasteiger partial charge in [0.2, 0.25) is 5.91 Å². The molecule has 1 spiro atoms. The minimum atomic E-state index is -4.92. The van der Waals surface area contributed by atoms with Gasteiger partial charge in [-0.25, -0.2) is 9.18 Å². The summed E-state index contributed by atoms with van der Waals surface area (Å²) in [6.45, 7) is 9.35. The Morgan fingerprint density at radius 1 is 0.813 bits per heavy atom. The number of carbonyl (C=O) groups excluding carboxylic acids is 4. The van der Waals surface area contributed by atoms with Gasteiger partial charge in [0.15, 0.2) is 11.6 Å². The van der Waals surface area contributed by atoms with Crippen molar-refractivity contribution in [2.75, 3.05) is 51.2 Å². The second-order valence-corrected chi connectivity index (χ2v) is 20.8. The molecule has 412 valence electrons. The number of rotatable bonds is 18. The number of urea groups is 1. The van der Waals surface area contributed by atoms with E-state index in [1.165, 1.54) is 43.2 Å². The fourth-order valence-corrected chi connectivity index (χ4v) is 11.2. The lowest BCUT2D eigenvalue weighted by Gasteiger charge is -2.44. The molecular formula is C58H76F7N5O5. The Kier molecular flexibility index (Phi) is 18.8. The fraction of sp³-hybridized carbons (Fsp3) is 0.483. The number of likely N-dealkylation sites (tertiary alicyclic amines) is 2. The molecule has 75 heavy (non-hydrogen) atoms. The average molecular weight is 1060 g/mol. The van der Waals surface area contributed by atoms with Crippen LogP contribution in [0.2, 0.25) is 0 Å². The van der Waals surface area contributed by atoms with Crippen molar-refractivity contribution in [2.24, 2.45) is 23.7 Å². The van der Waals surface area contributed by atoms with E-state index in [9.17, 15) is 55.0 Å². The zero-order valence-electron chi connectivity index (χ0n) is 42.8. The number of Topliss-reactive ketones (excluding diaryl/α,β-unsaturated/α-hetero) is 2. The number of halogens is 7. The number of fused-ring (bicyclic) bond motifs is 2. The van der Waals surface area contributed by atoms with E-state index >= 15 is 0 Å². The number of carbonyl (C=O) groups is 4. The number of aliphatic hydroxyl groups excluding tert-OH is 1. The smallest absolute Gasteiger partial charge is 0.395 e. The molecule has 4 aromatic rings. The molecule has 4 N–H and O–H groups in total. The highest BCUT2D eigenvalue weighted by Crippen LogP contribution is 2.47. The molecule has 0 bridgehead atoms. The number of amides is 3. The van der Waals surface area contributed by atoms with Crippen molar-refractivity contribution in [2.45, 2.75) is 109 Å². The lowest BCUT2D eigenvalue weighted by molar-refractivity contribution is -0.143. The third-order valence-electron chi connectivity index (χ3n) is 15.4. The maximum atomic E-state index is 13.2. The Morgan fingerprint density at radius 3 is 2.09 bits per heavy atom. The van der Waals surface area contributed by atoms with Crippen LogP contribution in [0, 0.1) is 29.5 Å². The van der Waals surface area contributed by atoms with E-state index in [0.717, 1.165) is 83.1 Å². The van der Waals surface area contributed by atoms with Crippen LogP contribution in [0.25, 0.3) is 6.08 Å². The fourth-order valence-electron chi connectivity index (χ4n) is 11.2. The van der Waals surface area contributed by atoms with Gasteiger partial charge in [-0.05, 0) is 180 Å². The monoisotopic (exact) mass is 1060 g/mol. The molecule has 4 aromatic carbocycles. The maximum absolute atomic E-state index is 13.2. The summed E-state index contributed by atoms with van der Waals surface area (Å²) in [5, 5.41) is 17.7. The summed E-state index contributed by atoms with van der Waals surface area (Å²) in [6, 6.07) is 21.2. The van der Waals surface area contributed by atoms with E-state index in [0.29, 0.717) is 66.3 Å². The quantitative estimate of drug-likeness (QED) is 0.0443. The van der Waals surface area contributed by atoms with Gasteiger partial charge in [0.1, 0.15) is 5.82 Å². The first kappa shape index (κ1) is 56.8. The van der Waals surface area contributed by atoms with E-state index in [4.69, 9.17) is 0 Å². The number of hydrogen-bond donors (Lipinski definition) is 4. The number of benzene rings is 4. The van der Waals surface area contributed by atoms with Crippen molar-refractivity contribution >= 4 is 35.3 Å². The predicted molar refractivity (Wildman–Crippen MR) is 283 cm³/mol. The molecule has 17 heteroatoms. The lowest BCUT2D eigenvalue weighted by atomic mass is 9.68. The molecule has 2 aliphatic heterocycles. The standard InChI is InChI=1S/C30H32F6N2O.C28H36FN3O4.4H2/c1-19-18-38(13-11-28(19)10-8-22-4-2-3-5-26(22)28)12-9-25(21-6-7-21)27(39)37-17-20-14-23(29(31,32)33)16-24(15-20)30(34,35)36;1-19(34)23-16-24(20(2)35)18-26(17-23)31-28(36)30-10-3-4-27-15-22(9-11-32(27)12-13-33)14-21-5-7-25(29)8-6-21;;;;/h2-5,8,10,14-16,19,21,25H,6-7,9,11-13,17-18H2,1H3,(H,37,39);5-8,16-18,22,27,33H,3-4,9-15H2,1-2H3,(H2,30,31,36);4*1H/t19-,25-,28-;22-,27-;;;;/m00..../s1. The van der Waals surface area contributed by atoms with E-state index in [-0.39, 0.29) is 71.0 Å². The second-order valence-electron chi connectivity index (χ2n) is 20.8. The van der Waals surface area contributed by atoms with Crippen LogP contribution < -0.4 is 16.0 Å². The van der Waals surface area contributed by atoms with E-state index < -0.39 is 29.5 Å². The van der Waals surface area contributed by atoms with Crippen LogP contribution in [-0.2, 0) is 35.5 Å². The molecule has 1 saturated carbocycles. The number of nitrogens with one attached hydrogen (secondary N) is 3. The number of piperidine rings is 2. The van der Waals surface area contributed by atoms with Crippen molar-refractivity contribution < 1.29 is 60.7 Å². The Bertz CT molecular complexity index is 2630. The van der Waals surface area contributed by atoms with Crippen LogP contribution in [0.4, 0.5) is 41.2 Å². The highest BCUT2D eigenvalue weighted by molar-refractivity contribution is 6.02. The molecule has 2 aliphatic carbocycles. The topological polar surface area (TPSA) is 131 Å². The van der Waals surface area contributed by atoms with Crippen molar-refractivity contribution in [3.8, 4) is 0 Å². The zero-order valence-corrected chi connectivity index (χ0v) is 42.8. The number of β-amino-alcohol motifs (C(OH)–C–C–N with tert-alkyl or cyclic N) is 1. The van der Waals surface area contributed by atoms with Gasteiger partial charge in [0, 0.05) is 66.1 Å². The van der Waals surface area contributed by atoms with Crippen molar-refractivity contribution in [3.63, 3.8) is 0 Å². The van der Waals surface area contributed by atoms with Gasteiger partial charge < -0.3 is 26.0 Å². The van der Waals surface area contributed by atoms with E-state index in [1.807, 2.05) is 18.2 Å². The summed E-state index contributed by atoms with van der Waals surface area (Å²) >= 11 is 0. The van der Waals surface area contributed by atoms with Crippen LogP contribution in [0.5, 0.6) is 0 Å². The third kappa shape index (κ3) is 15.4. The van der Waals surface area contributed by atoms with Gasteiger partial charge in [-0.15, -0.1) is 0 Å². The van der Waals surface area contributed by atoms with Gasteiger partial charge in [0.25, 0.3) is 0 Å². The SMILES string of the molecule is CC(=O)c1cc(NC(=O)NCCC[C@H]2C[C@H](Cc3ccc(F)cc3)CCN2CCO)cc(C(C)=O)c1.C[C@H]1CN(CC[C@H](C(=O)NCc2cc(C(F)(F)F)cc(C(F)(F)F)c2)C2CC2)CC[C@@]12C=Cc1ccccc12.[HH].[HH].[HH].[HH]. The van der Waals surface area contributed by atoms with Gasteiger partial charge in [0.05, 0.1) is 17.7 Å². The van der Waals surface area contributed by atoms with Crippen LogP contribution >= 0.6 is 0 Å². The molecule has 0 radical (unpaired) electrons. The molecule has 3 amide bonds. The lowest BCUT2D eigenvalue weighted by Crippen LogP contribution is -2.48. The van der Waals surface area contributed by atoms with E-state index in [1.54, 1.807) is 12.1 Å². The zero-order chi connectivity index (χ0) is 54.1. The molecule has 5 atom stereocenters. The summed E-state index contributed by atoms with van der Waals surface area (Å²) in [7, 11) is 0. The molecule has 3 fully saturated rings. The third-order valence-corrected chi connectivity index (χ3v) is 15.4. The van der Waals surface area contributed by atoms with Crippen molar-refractivity contribution in [3.05, 3.63) is 141 Å². The largest absolute Gasteiger partial charge is 0.416 e. The molecule has 4 aliphatic rings. The number of aliphatic hydroxyl groups is 1. The molecule has 0 aromatic heterocycles. The first-order valence-corrected chi connectivity index (χ1v) is 26.0. The highest BCUT2D eigenvalue weighted by atomic mass is 19.4. The first-order chi connectivity index (χ1) is 35.6. The average Bonchev–Trinajstić information content (AvgIpc) is 4.19. The van der Waals surface area contributed by atoms with Gasteiger partial charge in [-0.2, -0.15) is 26.3 Å². The first-order valence-electron chi connectivity index (χ1n) is 26.0. The van der Waals surface area contributed by atoms with Crippen LogP contribution in [-0.4, -0.2) is 90.3 Å². The van der Waals surface area contributed by atoms with Crippen LogP contribution in [0.15, 0.2) is 91.0 Å². The second kappa shape index (κ2) is 24.8. The summed E-state index contributed by atoms with van der Waals surface area (Å²) in [5.74, 6) is -0.113. The molecule has 2 saturated heterocycles. The number of nitrogens with zero attached hydrogens (tertiary/aromatic N) is 2. The number of alkyl halides is 6. The minimum Gasteiger partial charge on any atom is -0.395 e. The van der Waals surface area contributed by atoms with Crippen LogP contribution in [0.3, 0.4) is 0 Å². The van der Waals surface area contributed by atoms with Gasteiger partial charge >= 0.3 is 18.4 Å². The van der Waals surface area contributed by atoms with Crippen LogP contribution in [0.1, 0.15) is 132 Å². The Hall–Kier alpha value is -5.91. The molecule has 8 rings (SSSR count). The van der Waals surface area contributed by atoms with Gasteiger partial charge in [-0.3, -0.25) is 19.3 Å². The summed E-state index contributed by atoms with van der Waals surface area (Å²) in [4.78, 5) is 53.7. The van der Waals surface area contributed by atoms with Crippen molar-refractivity contribution in [1.82, 2.24) is 20.4 Å². The molecule has 2 heterocycles. The number of allylic oxidation sites excluding steroid dienone is 1. The van der Waals surface area contributed by atoms with Crippen molar-refractivity contribution in [1.29, 1.82) is 0 Å². The van der Waals surface area contributed by atoms with Gasteiger partial charge in [-0.1, -0.05) is 55.5 Å². The normalized spacial score (nSPS) is 21.2. The molecular weight excluding hydrogens is 980 g/mol. The molecule has 10 nitrogen and oxygen atoms in total. The summed E-state index contributed by atoms with van der Waals surface area (Å²) in [6.07, 6.45) is 2.70. The number of ketones is 2. The van der Waals surface area contributed by atoms with E-state index in [2.05, 4.69) is 63.0 Å². The summed E-state index contributed by atoms with van der Waals surface area (Å²) in [5.41, 5.74) is 1.96. The maximum Gasteiger partial charge on any atom is 0.416 e. The summed E-state index contributed by atoms with van der Waals surface area (Å²) < 4.78 is 92.4. The Balaban J connectivity index is 0.000000397. The minimum absolute atomic E-state index is 0. The predicted octanol–water partition coefficient (Wildman–Crippen LogP) is 12.5.